The van der Waals surface area contributed by atoms with Crippen LogP contribution in [0.15, 0.2) is 29.1 Å². The predicted molar refractivity (Wildman–Crippen MR) is 137 cm³/mol. The molecule has 39 heavy (non-hydrogen) atoms. The van der Waals surface area contributed by atoms with Gasteiger partial charge in [0.2, 0.25) is 17.6 Å². The third kappa shape index (κ3) is 4.68. The maximum Gasteiger partial charge on any atom is 0.296 e. The first-order valence-corrected chi connectivity index (χ1v) is 13.8. The molecule has 2 aliphatic carbocycles. The van der Waals surface area contributed by atoms with Gasteiger partial charge in [-0.1, -0.05) is 12.1 Å². The second-order valence-electron chi connectivity index (χ2n) is 11.3. The second kappa shape index (κ2) is 9.77. The van der Waals surface area contributed by atoms with E-state index in [0.29, 0.717) is 37.9 Å². The lowest BCUT2D eigenvalue weighted by atomic mass is 9.77. The Morgan fingerprint density at radius 2 is 1.79 bits per heavy atom. The number of halogens is 1. The highest BCUT2D eigenvalue weighted by molar-refractivity contribution is 5.94. The molecule has 3 amide bonds. The van der Waals surface area contributed by atoms with E-state index in [1.165, 1.54) is 28.8 Å². The molecule has 10 nitrogen and oxygen atoms in total. The summed E-state index contributed by atoms with van der Waals surface area (Å²) in [6, 6.07) is 5.04. The van der Waals surface area contributed by atoms with E-state index in [1.807, 2.05) is 0 Å². The molecule has 0 spiro atoms. The molecule has 206 valence electrons. The van der Waals surface area contributed by atoms with Gasteiger partial charge in [0.1, 0.15) is 17.7 Å². The average Bonchev–Trinajstić information content (AvgIpc) is 3.71. The van der Waals surface area contributed by atoms with Crippen molar-refractivity contribution in [3.63, 3.8) is 0 Å². The molecule has 1 atom stereocenters. The number of nitrogens with one attached hydrogen (secondary N) is 2. The van der Waals surface area contributed by atoms with E-state index >= 15 is 0 Å². The summed E-state index contributed by atoms with van der Waals surface area (Å²) in [4.78, 5) is 59.1. The number of benzene rings is 1. The van der Waals surface area contributed by atoms with E-state index in [0.717, 1.165) is 32.1 Å². The number of hydrogen-bond donors (Lipinski definition) is 3. The monoisotopic (exact) mass is 537 g/mol. The summed E-state index contributed by atoms with van der Waals surface area (Å²) in [5.41, 5.74) is -1.47. The van der Waals surface area contributed by atoms with Gasteiger partial charge in [0.25, 0.3) is 11.5 Å². The summed E-state index contributed by atoms with van der Waals surface area (Å²) in [6.07, 6.45) is 5.66. The molecule has 11 heteroatoms. The van der Waals surface area contributed by atoms with Gasteiger partial charge in [0.15, 0.2) is 5.69 Å². The summed E-state index contributed by atoms with van der Waals surface area (Å²) in [5.74, 6) is -1.64. The fourth-order valence-corrected chi connectivity index (χ4v) is 6.31. The molecule has 1 saturated heterocycles. The van der Waals surface area contributed by atoms with Gasteiger partial charge in [-0.15, -0.1) is 0 Å². The number of fused-ring (bicyclic) bond motifs is 2. The highest BCUT2D eigenvalue weighted by Gasteiger charge is 2.48. The highest BCUT2D eigenvalue weighted by atomic mass is 19.1. The molecule has 3 aliphatic heterocycles. The van der Waals surface area contributed by atoms with Gasteiger partial charge < -0.3 is 20.6 Å². The van der Waals surface area contributed by atoms with Crippen LogP contribution in [-0.4, -0.2) is 49.9 Å². The van der Waals surface area contributed by atoms with Gasteiger partial charge in [0, 0.05) is 25.6 Å². The van der Waals surface area contributed by atoms with Crippen molar-refractivity contribution in [3.8, 4) is 5.75 Å². The van der Waals surface area contributed by atoms with Crippen molar-refractivity contribution in [2.75, 3.05) is 6.54 Å². The number of carbonyl (C=O) groups excluding carboxylic acids is 3. The van der Waals surface area contributed by atoms with Crippen LogP contribution in [-0.2, 0) is 28.2 Å². The number of rotatable bonds is 6. The standard InChI is InChI=1S/C28H32FN5O5/c29-19-7-3-16(4-8-19)14-30-24(37)21-22(35)26(39)34-15-17-9-11-28(12-10-17,27(34)31-21)32-23(36)20-2-1-13-33(20)25(38)18-5-6-18/h3-4,7-8,17-18,20,35H,1-2,5-6,9-15H2,(H,30,37)(H,32,36). The third-order valence-corrected chi connectivity index (χ3v) is 8.68. The van der Waals surface area contributed by atoms with Crippen LogP contribution in [0.4, 0.5) is 4.39 Å². The van der Waals surface area contributed by atoms with E-state index < -0.39 is 40.3 Å². The van der Waals surface area contributed by atoms with Crippen LogP contribution < -0.4 is 16.2 Å². The Hall–Kier alpha value is -3.76. The van der Waals surface area contributed by atoms with Gasteiger partial charge in [-0.3, -0.25) is 23.7 Å². The van der Waals surface area contributed by atoms with Crippen molar-refractivity contribution >= 4 is 17.7 Å². The topological polar surface area (TPSA) is 134 Å². The molecular formula is C28H32FN5O5. The lowest BCUT2D eigenvalue weighted by Gasteiger charge is -2.38. The summed E-state index contributed by atoms with van der Waals surface area (Å²) in [5, 5.41) is 16.5. The number of likely N-dealkylation sites (tertiary alicyclic amines) is 1. The van der Waals surface area contributed by atoms with Crippen LogP contribution in [0.1, 0.15) is 73.2 Å². The Kier molecular flexibility index (Phi) is 6.39. The lowest BCUT2D eigenvalue weighted by molar-refractivity contribution is -0.140. The molecule has 2 aromatic rings. The molecule has 5 aliphatic rings. The highest BCUT2D eigenvalue weighted by Crippen LogP contribution is 2.43. The first-order chi connectivity index (χ1) is 18.8. The maximum absolute atomic E-state index is 13.7. The third-order valence-electron chi connectivity index (χ3n) is 8.68. The quantitative estimate of drug-likeness (QED) is 0.516. The molecule has 2 saturated carbocycles. The zero-order valence-electron chi connectivity index (χ0n) is 21.6. The zero-order chi connectivity index (χ0) is 27.3. The first kappa shape index (κ1) is 25.5. The number of hydrogen-bond acceptors (Lipinski definition) is 6. The molecule has 3 fully saturated rings. The molecule has 7 rings (SSSR count). The smallest absolute Gasteiger partial charge is 0.296 e. The average molecular weight is 538 g/mol. The van der Waals surface area contributed by atoms with E-state index in [2.05, 4.69) is 15.6 Å². The SMILES string of the molecule is O=C(NCc1ccc(F)cc1)c1nc2n(c(=O)c1O)CC1CCC2(NC(=O)C2CCCN2C(=O)C2CC2)CC1. The fourth-order valence-electron chi connectivity index (χ4n) is 6.31. The predicted octanol–water partition coefficient (Wildman–Crippen LogP) is 1.93. The van der Waals surface area contributed by atoms with Crippen molar-refractivity contribution in [1.29, 1.82) is 0 Å². The summed E-state index contributed by atoms with van der Waals surface area (Å²) >= 11 is 0. The van der Waals surface area contributed by atoms with Crippen LogP contribution in [0.5, 0.6) is 5.75 Å². The van der Waals surface area contributed by atoms with Crippen LogP contribution in [0, 0.1) is 17.7 Å². The summed E-state index contributed by atoms with van der Waals surface area (Å²) in [6.45, 7) is 0.956. The maximum atomic E-state index is 13.7. The molecule has 1 aromatic carbocycles. The van der Waals surface area contributed by atoms with Crippen LogP contribution in [0.25, 0.3) is 0 Å². The normalized spacial score (nSPS) is 25.6. The number of carbonyl (C=O) groups is 3. The second-order valence-corrected chi connectivity index (χ2v) is 11.3. The van der Waals surface area contributed by atoms with Gasteiger partial charge in [0.05, 0.1) is 5.54 Å². The van der Waals surface area contributed by atoms with E-state index in [9.17, 15) is 28.7 Å². The number of aromatic nitrogens is 2. The molecule has 2 bridgehead atoms. The van der Waals surface area contributed by atoms with Crippen molar-refractivity contribution < 1.29 is 23.9 Å². The molecule has 1 aromatic heterocycles. The summed E-state index contributed by atoms with van der Waals surface area (Å²) in [7, 11) is 0. The van der Waals surface area contributed by atoms with Gasteiger partial charge >= 0.3 is 0 Å². The van der Waals surface area contributed by atoms with E-state index in [-0.39, 0.29) is 36.0 Å². The molecular weight excluding hydrogens is 505 g/mol. The van der Waals surface area contributed by atoms with Gasteiger partial charge in [-0.2, -0.15) is 0 Å². The van der Waals surface area contributed by atoms with Crippen LogP contribution in [0.3, 0.4) is 0 Å². The minimum atomic E-state index is -0.986. The first-order valence-electron chi connectivity index (χ1n) is 13.8. The Bertz CT molecular complexity index is 1380. The molecule has 0 radical (unpaired) electrons. The van der Waals surface area contributed by atoms with Crippen molar-refractivity contribution in [2.24, 2.45) is 11.8 Å². The van der Waals surface area contributed by atoms with Crippen molar-refractivity contribution in [1.82, 2.24) is 25.1 Å². The van der Waals surface area contributed by atoms with Crippen LogP contribution >= 0.6 is 0 Å². The van der Waals surface area contributed by atoms with Crippen molar-refractivity contribution in [2.45, 2.75) is 76.0 Å². The summed E-state index contributed by atoms with van der Waals surface area (Å²) < 4.78 is 14.6. The van der Waals surface area contributed by atoms with Crippen molar-refractivity contribution in [3.05, 3.63) is 57.5 Å². The number of aromatic hydroxyl groups is 1. The number of nitrogens with zero attached hydrogens (tertiary/aromatic N) is 3. The van der Waals surface area contributed by atoms with E-state index in [4.69, 9.17) is 0 Å². The van der Waals surface area contributed by atoms with Crippen LogP contribution in [0.2, 0.25) is 0 Å². The minimum Gasteiger partial charge on any atom is -0.501 e. The Morgan fingerprint density at radius 1 is 1.08 bits per heavy atom. The largest absolute Gasteiger partial charge is 0.501 e. The molecule has 3 N–H and O–H groups in total. The minimum absolute atomic E-state index is 0.0183. The Balaban J connectivity index is 1.30. The zero-order valence-corrected chi connectivity index (χ0v) is 21.6. The molecule has 1 unspecified atom stereocenters. The number of amides is 3. The van der Waals surface area contributed by atoms with Gasteiger partial charge in [-0.05, 0) is 75.0 Å². The Labute approximate surface area is 224 Å². The van der Waals surface area contributed by atoms with E-state index in [1.54, 1.807) is 4.90 Å². The Morgan fingerprint density at radius 3 is 2.49 bits per heavy atom. The van der Waals surface area contributed by atoms with Gasteiger partial charge in [-0.25, -0.2) is 9.37 Å². The fraction of sp³-hybridized carbons (Fsp3) is 0.536. The molecule has 4 heterocycles. The lowest BCUT2D eigenvalue weighted by Crippen LogP contribution is -2.55.